The molecule has 1 aliphatic heterocycles. The van der Waals surface area contributed by atoms with Gasteiger partial charge in [0.2, 0.25) is 5.82 Å². The molecule has 0 bridgehead atoms. The van der Waals surface area contributed by atoms with E-state index >= 15 is 0 Å². The lowest BCUT2D eigenvalue weighted by atomic mass is 10.0. The van der Waals surface area contributed by atoms with E-state index in [0.717, 1.165) is 30.6 Å². The molecule has 1 aromatic heterocycles. The van der Waals surface area contributed by atoms with Crippen molar-refractivity contribution in [2.75, 3.05) is 44.4 Å². The smallest absolute Gasteiger partial charge is 0.308 e. The van der Waals surface area contributed by atoms with Gasteiger partial charge in [0.25, 0.3) is 5.88 Å². The Morgan fingerprint density at radius 1 is 1.37 bits per heavy atom. The van der Waals surface area contributed by atoms with Gasteiger partial charge in [-0.2, -0.15) is 4.37 Å². The van der Waals surface area contributed by atoms with Gasteiger partial charge in [-0.3, -0.25) is 4.79 Å². The number of terminal acetylenes is 1. The number of carboxylic acids is 1. The average Bonchev–Trinajstić information content (AvgIpc) is 3.17. The summed E-state index contributed by atoms with van der Waals surface area (Å²) in [5.74, 6) is 8.06. The molecular formula is C21H30N4O4S. The molecule has 0 radical (unpaired) electrons. The molecule has 1 saturated heterocycles. The second kappa shape index (κ2) is 11.8. The van der Waals surface area contributed by atoms with Crippen LogP contribution in [0.2, 0.25) is 0 Å². The van der Waals surface area contributed by atoms with Crippen LogP contribution in [-0.2, 0) is 9.53 Å². The van der Waals surface area contributed by atoms with E-state index in [1.54, 1.807) is 0 Å². The van der Waals surface area contributed by atoms with E-state index in [2.05, 4.69) is 57.5 Å². The van der Waals surface area contributed by atoms with Crippen molar-refractivity contribution in [2.45, 2.75) is 39.2 Å². The predicted octanol–water partition coefficient (Wildman–Crippen LogP) is 1.88. The molecule has 2 rings (SSSR count). The number of aliphatic carboxylic acids is 1. The number of morpholine rings is 1. The highest BCUT2D eigenvalue weighted by Crippen LogP contribution is 2.26. The standard InChI is InChI=1S/C21H30N4O4S/c1-5-7-17(20(26)27)9-6-8-16(14-22-21(2,3)4)15-29-19-18(23-30-24-19)25-10-12-28-13-11-25/h1,16-17,22H,7,9-15H2,2-4H3,(H,26,27)/t16?,17-/m0/s1. The number of anilines is 1. The van der Waals surface area contributed by atoms with Crippen LogP contribution in [0.5, 0.6) is 5.88 Å². The molecule has 1 aromatic rings. The Hall–Kier alpha value is -2.33. The Labute approximate surface area is 182 Å². The lowest BCUT2D eigenvalue weighted by molar-refractivity contribution is -0.141. The van der Waals surface area contributed by atoms with Crippen molar-refractivity contribution < 1.29 is 19.4 Å². The summed E-state index contributed by atoms with van der Waals surface area (Å²) in [4.78, 5) is 13.4. The molecule has 0 saturated carbocycles. The fourth-order valence-electron chi connectivity index (χ4n) is 2.71. The zero-order valence-electron chi connectivity index (χ0n) is 17.8. The molecule has 1 unspecified atom stereocenters. The van der Waals surface area contributed by atoms with Gasteiger partial charge >= 0.3 is 5.97 Å². The number of ether oxygens (including phenoxy) is 2. The highest BCUT2D eigenvalue weighted by atomic mass is 32.1. The van der Waals surface area contributed by atoms with Crippen LogP contribution in [0.25, 0.3) is 0 Å². The molecule has 30 heavy (non-hydrogen) atoms. The Morgan fingerprint density at radius 3 is 2.73 bits per heavy atom. The first-order valence-electron chi connectivity index (χ1n) is 9.98. The van der Waals surface area contributed by atoms with Crippen molar-refractivity contribution in [1.29, 1.82) is 0 Å². The Kier molecular flexibility index (Phi) is 9.38. The van der Waals surface area contributed by atoms with E-state index in [1.807, 2.05) is 0 Å². The van der Waals surface area contributed by atoms with Gasteiger partial charge in [-0.15, -0.1) is 22.6 Å². The van der Waals surface area contributed by atoms with Crippen LogP contribution in [0.3, 0.4) is 0 Å². The monoisotopic (exact) mass is 434 g/mol. The van der Waals surface area contributed by atoms with E-state index in [4.69, 9.17) is 15.9 Å². The van der Waals surface area contributed by atoms with E-state index in [-0.39, 0.29) is 24.3 Å². The molecule has 8 nitrogen and oxygen atoms in total. The molecule has 0 spiro atoms. The number of nitrogens with zero attached hydrogens (tertiary/aromatic N) is 3. The molecule has 1 fully saturated rings. The maximum Gasteiger partial charge on any atom is 0.308 e. The number of hydrogen-bond acceptors (Lipinski definition) is 8. The van der Waals surface area contributed by atoms with Gasteiger partial charge in [0.1, 0.15) is 6.61 Å². The summed E-state index contributed by atoms with van der Waals surface area (Å²) >= 11 is 1.12. The minimum Gasteiger partial charge on any atom is -0.481 e. The molecule has 0 aliphatic carbocycles. The Bertz CT molecular complexity index is 781. The van der Waals surface area contributed by atoms with Crippen LogP contribution in [0, 0.1) is 36.0 Å². The predicted molar refractivity (Wildman–Crippen MR) is 117 cm³/mol. The Morgan fingerprint density at radius 2 is 2.10 bits per heavy atom. The summed E-state index contributed by atoms with van der Waals surface area (Å²) in [5, 5.41) is 12.7. The summed E-state index contributed by atoms with van der Waals surface area (Å²) in [7, 11) is 0. The van der Waals surface area contributed by atoms with Crippen molar-refractivity contribution in [2.24, 2.45) is 11.8 Å². The first kappa shape index (κ1) is 23.9. The van der Waals surface area contributed by atoms with Crippen LogP contribution in [-0.4, -0.2) is 64.8 Å². The van der Waals surface area contributed by atoms with Crippen LogP contribution < -0.4 is 15.0 Å². The van der Waals surface area contributed by atoms with Crippen molar-refractivity contribution in [3.63, 3.8) is 0 Å². The van der Waals surface area contributed by atoms with E-state index in [9.17, 15) is 9.90 Å². The van der Waals surface area contributed by atoms with Gasteiger partial charge in [0, 0.05) is 38.0 Å². The molecule has 164 valence electrons. The highest BCUT2D eigenvalue weighted by Gasteiger charge is 2.21. The summed E-state index contributed by atoms with van der Waals surface area (Å²) in [6, 6.07) is 0. The average molecular weight is 435 g/mol. The van der Waals surface area contributed by atoms with Gasteiger partial charge < -0.3 is 24.8 Å². The lowest BCUT2D eigenvalue weighted by Crippen LogP contribution is -2.40. The maximum atomic E-state index is 11.3. The van der Waals surface area contributed by atoms with Crippen molar-refractivity contribution in [1.82, 2.24) is 14.1 Å². The molecule has 1 aliphatic rings. The number of carbonyl (C=O) groups is 1. The van der Waals surface area contributed by atoms with E-state index in [0.29, 0.717) is 32.2 Å². The van der Waals surface area contributed by atoms with Crippen LogP contribution in [0.15, 0.2) is 0 Å². The number of aromatic nitrogens is 2. The Balaban J connectivity index is 2.02. The van der Waals surface area contributed by atoms with Crippen molar-refractivity contribution >= 4 is 23.5 Å². The number of rotatable bonds is 9. The zero-order valence-corrected chi connectivity index (χ0v) is 18.6. The molecule has 2 atom stereocenters. The molecular weight excluding hydrogens is 404 g/mol. The third-order valence-corrected chi connectivity index (χ3v) is 4.92. The lowest BCUT2D eigenvalue weighted by Gasteiger charge is -2.27. The molecule has 0 aromatic carbocycles. The van der Waals surface area contributed by atoms with Crippen molar-refractivity contribution in [3.05, 3.63) is 0 Å². The van der Waals surface area contributed by atoms with Crippen LogP contribution in [0.1, 0.15) is 33.6 Å². The van der Waals surface area contributed by atoms with Gasteiger partial charge in [-0.1, -0.05) is 5.92 Å². The third kappa shape index (κ3) is 8.19. The van der Waals surface area contributed by atoms with Crippen LogP contribution in [0.4, 0.5) is 5.82 Å². The summed E-state index contributed by atoms with van der Waals surface area (Å²) < 4.78 is 20.0. The maximum absolute atomic E-state index is 11.3. The minimum atomic E-state index is -0.924. The molecule has 2 heterocycles. The number of hydrogen-bond donors (Lipinski definition) is 2. The van der Waals surface area contributed by atoms with Gasteiger partial charge in [0.15, 0.2) is 0 Å². The zero-order chi connectivity index (χ0) is 22.0. The van der Waals surface area contributed by atoms with Crippen LogP contribution >= 0.6 is 11.7 Å². The fourth-order valence-corrected chi connectivity index (χ4v) is 3.23. The molecule has 2 N–H and O–H groups in total. The topological polar surface area (TPSA) is 96.8 Å². The summed E-state index contributed by atoms with van der Waals surface area (Å²) in [5.41, 5.74) is -0.0753. The number of carboxylic acid groups (broad SMARTS) is 1. The minimum absolute atomic E-state index is 0.0753. The van der Waals surface area contributed by atoms with Gasteiger partial charge in [-0.25, -0.2) is 0 Å². The second-order valence-corrected chi connectivity index (χ2v) is 8.63. The highest BCUT2D eigenvalue weighted by molar-refractivity contribution is 6.99. The first-order chi connectivity index (χ1) is 14.3. The number of nitrogens with one attached hydrogen (secondary N) is 1. The fraction of sp³-hybridized carbons (Fsp3) is 0.667. The van der Waals surface area contributed by atoms with Gasteiger partial charge in [-0.05, 0) is 20.8 Å². The largest absolute Gasteiger partial charge is 0.481 e. The van der Waals surface area contributed by atoms with E-state index < -0.39 is 11.9 Å². The van der Waals surface area contributed by atoms with Crippen molar-refractivity contribution in [3.8, 4) is 30.1 Å². The third-order valence-electron chi connectivity index (χ3n) is 4.42. The first-order valence-corrected chi connectivity index (χ1v) is 10.7. The normalized spacial score (nSPS) is 16.1. The SMILES string of the molecule is C#CC[C@@H](CC#CC(CNC(C)(C)C)COc1nsnc1N1CCOCC1)C(=O)O. The van der Waals surface area contributed by atoms with E-state index in [1.165, 1.54) is 0 Å². The quantitative estimate of drug-likeness (QED) is 0.569. The van der Waals surface area contributed by atoms with Gasteiger partial charge in [0.05, 0.1) is 36.8 Å². The summed E-state index contributed by atoms with van der Waals surface area (Å²) in [6.07, 6.45) is 5.63. The molecule has 9 heteroatoms. The molecule has 0 amide bonds. The second-order valence-electron chi connectivity index (χ2n) is 8.10. The summed E-state index contributed by atoms with van der Waals surface area (Å²) in [6.45, 7) is 9.97.